The van der Waals surface area contributed by atoms with E-state index in [1.165, 1.54) is 0 Å². The van der Waals surface area contributed by atoms with Gasteiger partial charge in [-0.3, -0.25) is 9.11 Å². The Bertz CT molecular complexity index is 154. The Labute approximate surface area is 49.2 Å². The van der Waals surface area contributed by atoms with Crippen LogP contribution in [0.25, 0.3) is 0 Å². The maximum absolute atomic E-state index is 8.74. The first-order chi connectivity index (χ1) is 3.41. The summed E-state index contributed by atoms with van der Waals surface area (Å²) in [6.45, 7) is 0. The molecule has 4 nitrogen and oxygen atoms in total. The van der Waals surface area contributed by atoms with Crippen LogP contribution in [0.5, 0.6) is 0 Å². The fourth-order valence-electron chi connectivity index (χ4n) is 0. The second-order valence-electron chi connectivity index (χ2n) is 0.671. The summed E-state index contributed by atoms with van der Waals surface area (Å²) in [7, 11) is -3.75. The minimum Gasteiger partial charge on any atom is -0.264 e. The molecule has 0 amide bonds. The summed E-state index contributed by atoms with van der Waals surface area (Å²) in [4.78, 5) is 0. The molecular weight excluding hydrogens is 151 g/mol. The summed E-state index contributed by atoms with van der Waals surface area (Å²) in [5, 5.41) is 0. The molecule has 0 heterocycles. The molecule has 0 aliphatic heterocycles. The molecule has 0 aliphatic rings. The van der Waals surface area contributed by atoms with Crippen molar-refractivity contribution in [1.29, 1.82) is 0 Å². The van der Waals surface area contributed by atoms with Gasteiger partial charge in [0.15, 0.2) is 0 Å². The Kier molecular flexibility index (Phi) is 7.08. The standard InChI is InChI=1S/C2H4P.H2O4S/c1-3-2;1-5(2,3)4/h1-2H2;(H2,1,2,3,4)/q+1;. The van der Waals surface area contributed by atoms with E-state index in [9.17, 15) is 0 Å². The summed E-state index contributed by atoms with van der Waals surface area (Å²) >= 11 is 0. The molecule has 0 aromatic heterocycles. The van der Waals surface area contributed by atoms with Gasteiger partial charge in [0, 0.05) is 0 Å². The van der Waals surface area contributed by atoms with E-state index in [4.69, 9.17) is 17.5 Å². The first-order valence-corrected chi connectivity index (χ1v) is 3.99. The topological polar surface area (TPSA) is 74.6 Å². The van der Waals surface area contributed by atoms with E-state index < -0.39 is 10.4 Å². The van der Waals surface area contributed by atoms with Crippen molar-refractivity contribution in [1.82, 2.24) is 0 Å². The minimum atomic E-state index is -4.67. The van der Waals surface area contributed by atoms with Crippen LogP contribution in [0, 0.1) is 0 Å². The molecule has 6 heteroatoms. The molecule has 8 heavy (non-hydrogen) atoms. The molecule has 0 fully saturated rings. The Morgan fingerprint density at radius 2 is 1.25 bits per heavy atom. The smallest absolute Gasteiger partial charge is 0.264 e. The first-order valence-electron chi connectivity index (χ1n) is 1.33. The quantitative estimate of drug-likeness (QED) is 0.387. The normalized spacial score (nSPS) is 8.25. The van der Waals surface area contributed by atoms with Crippen molar-refractivity contribution in [3.63, 3.8) is 0 Å². The molecule has 0 aromatic carbocycles. The van der Waals surface area contributed by atoms with Crippen LogP contribution < -0.4 is 0 Å². The molecule has 0 saturated carbocycles. The van der Waals surface area contributed by atoms with Crippen molar-refractivity contribution in [2.45, 2.75) is 0 Å². The molecule has 0 spiro atoms. The Hall–Kier alpha value is 0.0400. The summed E-state index contributed by atoms with van der Waals surface area (Å²) in [6, 6.07) is 0. The van der Waals surface area contributed by atoms with Gasteiger partial charge >= 0.3 is 30.8 Å². The van der Waals surface area contributed by atoms with Gasteiger partial charge in [-0.1, -0.05) is 0 Å². The van der Waals surface area contributed by atoms with Gasteiger partial charge in [0.25, 0.3) is 0 Å². The molecule has 2 N–H and O–H groups in total. The third-order valence-corrected chi connectivity index (χ3v) is 0. The predicted molar refractivity (Wildman–Crippen MR) is 35.3 cm³/mol. The summed E-state index contributed by atoms with van der Waals surface area (Å²) in [5.74, 6) is 0. The zero-order chi connectivity index (χ0) is 7.21. The van der Waals surface area contributed by atoms with E-state index in [0.717, 1.165) is 7.83 Å². The Morgan fingerprint density at radius 1 is 1.25 bits per heavy atom. The van der Waals surface area contributed by atoms with Crippen molar-refractivity contribution in [3.05, 3.63) is 0 Å². The van der Waals surface area contributed by atoms with Crippen molar-refractivity contribution in [3.8, 4) is 0 Å². The van der Waals surface area contributed by atoms with Crippen molar-refractivity contribution < 1.29 is 17.5 Å². The van der Waals surface area contributed by atoms with Gasteiger partial charge in [0.05, 0.1) is 0 Å². The van der Waals surface area contributed by atoms with Gasteiger partial charge in [0.2, 0.25) is 0 Å². The second kappa shape index (κ2) is 5.18. The fourth-order valence-corrected chi connectivity index (χ4v) is 0. The van der Waals surface area contributed by atoms with Gasteiger partial charge < -0.3 is 0 Å². The average Bonchev–Trinajstić information content (AvgIpc) is 1.27. The SMILES string of the molecule is C=[P+]=C.O=S(=O)(O)O. The van der Waals surface area contributed by atoms with Gasteiger partial charge in [-0.05, 0) is 0 Å². The molecule has 0 unspecified atom stereocenters. The number of hydrogen-bond acceptors (Lipinski definition) is 2. The van der Waals surface area contributed by atoms with Crippen LogP contribution in [0.15, 0.2) is 0 Å². The summed E-state index contributed by atoms with van der Waals surface area (Å²) in [5.41, 5.74) is 0. The van der Waals surface area contributed by atoms with E-state index in [1.54, 1.807) is 0 Å². The van der Waals surface area contributed by atoms with E-state index >= 15 is 0 Å². The van der Waals surface area contributed by atoms with Crippen LogP contribution in [0.3, 0.4) is 0 Å². The summed E-state index contributed by atoms with van der Waals surface area (Å²) in [6.07, 6.45) is 6.69. The van der Waals surface area contributed by atoms with E-state index in [0.29, 0.717) is 0 Å². The largest absolute Gasteiger partial charge is 0.394 e. The van der Waals surface area contributed by atoms with Crippen LogP contribution >= 0.6 is 7.83 Å². The van der Waals surface area contributed by atoms with Crippen molar-refractivity contribution in [2.75, 3.05) is 0 Å². The minimum absolute atomic E-state index is 0.917. The van der Waals surface area contributed by atoms with Gasteiger partial charge in [-0.15, -0.1) is 0 Å². The maximum Gasteiger partial charge on any atom is 0.394 e. The monoisotopic (exact) mass is 157 g/mol. The Morgan fingerprint density at radius 3 is 1.25 bits per heavy atom. The van der Waals surface area contributed by atoms with E-state index in [2.05, 4.69) is 12.6 Å². The maximum atomic E-state index is 8.74. The molecule has 0 bridgehead atoms. The molecule has 0 aliphatic carbocycles. The molecule has 0 atom stereocenters. The second-order valence-corrected chi connectivity index (χ2v) is 2.01. The molecule has 0 radical (unpaired) electrons. The molecule has 48 valence electrons. The van der Waals surface area contributed by atoms with Crippen LogP contribution in [-0.2, 0) is 10.4 Å². The first kappa shape index (κ1) is 10.9. The zero-order valence-corrected chi connectivity index (χ0v) is 5.69. The van der Waals surface area contributed by atoms with Crippen molar-refractivity contribution >= 4 is 30.8 Å². The average molecular weight is 157 g/mol. The fraction of sp³-hybridized carbons (Fsp3) is 0. The predicted octanol–water partition coefficient (Wildman–Crippen LogP) is 0.144. The van der Waals surface area contributed by atoms with E-state index in [-0.39, 0.29) is 0 Å². The number of rotatable bonds is 0. The third kappa shape index (κ3) is 95900. The molecule has 0 saturated heterocycles. The van der Waals surface area contributed by atoms with Crippen LogP contribution in [-0.4, -0.2) is 30.1 Å². The van der Waals surface area contributed by atoms with Gasteiger partial charge in [-0.25, -0.2) is 0 Å². The van der Waals surface area contributed by atoms with Crippen molar-refractivity contribution in [2.24, 2.45) is 0 Å². The zero-order valence-electron chi connectivity index (χ0n) is 3.98. The van der Waals surface area contributed by atoms with Crippen LogP contribution in [0.2, 0.25) is 0 Å². The molecular formula is C2H6O4PS+. The van der Waals surface area contributed by atoms with Crippen LogP contribution in [0.4, 0.5) is 0 Å². The Balaban J connectivity index is 0. The van der Waals surface area contributed by atoms with Crippen LogP contribution in [0.1, 0.15) is 0 Å². The van der Waals surface area contributed by atoms with E-state index in [1.807, 2.05) is 0 Å². The van der Waals surface area contributed by atoms with Gasteiger partial charge in [-0.2, -0.15) is 8.42 Å². The molecule has 0 rings (SSSR count). The summed E-state index contributed by atoms with van der Waals surface area (Å²) < 4.78 is 31.6. The molecule has 0 aromatic rings. The van der Waals surface area contributed by atoms with Gasteiger partial charge in [0.1, 0.15) is 0 Å². The third-order valence-electron chi connectivity index (χ3n) is 0. The number of hydrogen-bond donors (Lipinski definition) is 2.